The molecule has 154 valence electrons. The molecule has 0 N–H and O–H groups in total. The van der Waals surface area contributed by atoms with Gasteiger partial charge in [-0.2, -0.15) is 5.26 Å². The molecule has 0 bridgehead atoms. The van der Waals surface area contributed by atoms with Gasteiger partial charge in [0.1, 0.15) is 6.07 Å². The number of nitriles is 1. The van der Waals surface area contributed by atoms with E-state index in [1.165, 1.54) is 5.56 Å². The Morgan fingerprint density at radius 3 is 2.47 bits per heavy atom. The van der Waals surface area contributed by atoms with Crippen molar-refractivity contribution >= 4 is 17.3 Å². The predicted molar refractivity (Wildman–Crippen MR) is 118 cm³/mol. The summed E-state index contributed by atoms with van der Waals surface area (Å²) in [5, 5.41) is 18.3. The molecule has 2 unspecified atom stereocenters. The van der Waals surface area contributed by atoms with Gasteiger partial charge in [0.25, 0.3) is 0 Å². The second-order valence-electron chi connectivity index (χ2n) is 7.94. The van der Waals surface area contributed by atoms with E-state index in [1.807, 2.05) is 41.2 Å². The van der Waals surface area contributed by atoms with Gasteiger partial charge in [-0.3, -0.25) is 4.90 Å². The fourth-order valence-electron chi connectivity index (χ4n) is 4.12. The molecule has 0 saturated carbocycles. The smallest absolute Gasteiger partial charge is 0.101 e. The third-order valence-electron chi connectivity index (χ3n) is 5.66. The normalized spacial score (nSPS) is 19.6. The van der Waals surface area contributed by atoms with Crippen LogP contribution in [0.4, 0.5) is 5.69 Å². The minimum Gasteiger partial charge on any atom is -0.368 e. The average Bonchev–Trinajstić information content (AvgIpc) is 3.18. The van der Waals surface area contributed by atoms with E-state index in [4.69, 9.17) is 16.9 Å². The molecule has 2 atom stereocenters. The standard InChI is InChI=1S/C23H25ClN6/c1-17-12-28(22-9-8-20(11-25)23(24)10-22)13-18(2)30(17)16-21-15-29(27-26-21)14-19-6-4-3-5-7-19/h3-10,15,17-18H,12-14,16H2,1-2H3. The Kier molecular flexibility index (Phi) is 6.03. The van der Waals surface area contributed by atoms with Crippen molar-refractivity contribution in [1.29, 1.82) is 5.26 Å². The van der Waals surface area contributed by atoms with Crippen LogP contribution in [0.25, 0.3) is 0 Å². The lowest BCUT2D eigenvalue weighted by molar-refractivity contribution is 0.121. The highest BCUT2D eigenvalue weighted by Crippen LogP contribution is 2.27. The van der Waals surface area contributed by atoms with Gasteiger partial charge in [0, 0.05) is 37.4 Å². The summed E-state index contributed by atoms with van der Waals surface area (Å²) in [5.74, 6) is 0. The summed E-state index contributed by atoms with van der Waals surface area (Å²) in [6.07, 6.45) is 2.04. The number of piperazine rings is 1. The molecule has 2 aromatic carbocycles. The molecule has 0 radical (unpaired) electrons. The van der Waals surface area contributed by atoms with Gasteiger partial charge < -0.3 is 4.90 Å². The molecule has 4 rings (SSSR count). The number of benzene rings is 2. The van der Waals surface area contributed by atoms with Gasteiger partial charge in [-0.05, 0) is 37.6 Å². The van der Waals surface area contributed by atoms with Crippen molar-refractivity contribution in [1.82, 2.24) is 19.9 Å². The number of halogens is 1. The maximum atomic E-state index is 9.10. The number of hydrogen-bond donors (Lipinski definition) is 0. The maximum Gasteiger partial charge on any atom is 0.101 e. The molecule has 30 heavy (non-hydrogen) atoms. The Labute approximate surface area is 182 Å². The highest BCUT2D eigenvalue weighted by atomic mass is 35.5. The van der Waals surface area contributed by atoms with Crippen molar-refractivity contribution in [3.8, 4) is 6.07 Å². The summed E-state index contributed by atoms with van der Waals surface area (Å²) in [6.45, 7) is 7.77. The summed E-state index contributed by atoms with van der Waals surface area (Å²) in [6, 6.07) is 18.8. The molecule has 1 aliphatic heterocycles. The minimum atomic E-state index is 0.349. The topological polar surface area (TPSA) is 61.0 Å². The molecule has 2 heterocycles. The highest BCUT2D eigenvalue weighted by molar-refractivity contribution is 6.32. The van der Waals surface area contributed by atoms with E-state index in [2.05, 4.69) is 52.2 Å². The molecule has 0 aliphatic carbocycles. The number of rotatable bonds is 5. The third-order valence-corrected chi connectivity index (χ3v) is 5.97. The maximum absolute atomic E-state index is 9.10. The number of anilines is 1. The van der Waals surface area contributed by atoms with Crippen LogP contribution in [0.2, 0.25) is 5.02 Å². The van der Waals surface area contributed by atoms with Crippen molar-refractivity contribution in [2.75, 3.05) is 18.0 Å². The van der Waals surface area contributed by atoms with Crippen LogP contribution in [0.1, 0.15) is 30.7 Å². The lowest BCUT2D eigenvalue weighted by atomic mass is 10.1. The van der Waals surface area contributed by atoms with Crippen molar-refractivity contribution in [2.24, 2.45) is 0 Å². The van der Waals surface area contributed by atoms with Crippen LogP contribution in [0.5, 0.6) is 0 Å². The molecule has 3 aromatic rings. The Morgan fingerprint density at radius 2 is 1.80 bits per heavy atom. The van der Waals surface area contributed by atoms with E-state index in [0.717, 1.165) is 37.6 Å². The minimum absolute atomic E-state index is 0.349. The van der Waals surface area contributed by atoms with E-state index < -0.39 is 0 Å². The van der Waals surface area contributed by atoms with E-state index in [0.29, 0.717) is 22.7 Å². The van der Waals surface area contributed by atoms with Crippen molar-refractivity contribution in [3.63, 3.8) is 0 Å². The molecule has 0 amide bonds. The molecule has 6 nitrogen and oxygen atoms in total. The van der Waals surface area contributed by atoms with Gasteiger partial charge in [0.15, 0.2) is 0 Å². The third kappa shape index (κ3) is 4.48. The van der Waals surface area contributed by atoms with E-state index in [1.54, 1.807) is 6.07 Å². The molecule has 1 aliphatic rings. The van der Waals surface area contributed by atoms with E-state index in [9.17, 15) is 0 Å². The van der Waals surface area contributed by atoms with Crippen molar-refractivity contribution < 1.29 is 0 Å². The molecule has 1 saturated heterocycles. The van der Waals surface area contributed by atoms with Crippen LogP contribution in [-0.4, -0.2) is 45.1 Å². The average molecular weight is 421 g/mol. The van der Waals surface area contributed by atoms with Crippen LogP contribution in [-0.2, 0) is 13.1 Å². The predicted octanol–water partition coefficient (Wildman–Crippen LogP) is 3.95. The quantitative estimate of drug-likeness (QED) is 0.625. The van der Waals surface area contributed by atoms with Gasteiger partial charge >= 0.3 is 0 Å². The first-order valence-electron chi connectivity index (χ1n) is 10.2. The van der Waals surface area contributed by atoms with Crippen LogP contribution in [0.3, 0.4) is 0 Å². The van der Waals surface area contributed by atoms with Crippen LogP contribution in [0.15, 0.2) is 54.7 Å². The van der Waals surface area contributed by atoms with Crippen molar-refractivity contribution in [3.05, 3.63) is 76.6 Å². The van der Waals surface area contributed by atoms with Crippen molar-refractivity contribution in [2.45, 2.75) is 39.0 Å². The van der Waals surface area contributed by atoms with Crippen LogP contribution in [0, 0.1) is 11.3 Å². The summed E-state index contributed by atoms with van der Waals surface area (Å²) >= 11 is 6.24. The van der Waals surface area contributed by atoms with Gasteiger partial charge in [0.05, 0.1) is 29.0 Å². The Bertz CT molecular complexity index is 1030. The molecular weight excluding hydrogens is 396 g/mol. The highest BCUT2D eigenvalue weighted by Gasteiger charge is 2.30. The lowest BCUT2D eigenvalue weighted by Crippen LogP contribution is -2.56. The fourth-order valence-corrected chi connectivity index (χ4v) is 4.33. The van der Waals surface area contributed by atoms with Crippen LogP contribution < -0.4 is 4.90 Å². The Morgan fingerprint density at radius 1 is 1.07 bits per heavy atom. The van der Waals surface area contributed by atoms with Gasteiger partial charge in [0.2, 0.25) is 0 Å². The summed E-state index contributed by atoms with van der Waals surface area (Å²) in [4.78, 5) is 4.81. The molecular formula is C23H25ClN6. The van der Waals surface area contributed by atoms with E-state index in [-0.39, 0.29) is 0 Å². The van der Waals surface area contributed by atoms with Gasteiger partial charge in [-0.15, -0.1) is 5.10 Å². The Balaban J connectivity index is 1.41. The molecule has 0 spiro atoms. The molecule has 1 fully saturated rings. The van der Waals surface area contributed by atoms with Gasteiger partial charge in [-0.1, -0.05) is 47.1 Å². The zero-order valence-corrected chi connectivity index (χ0v) is 18.0. The second kappa shape index (κ2) is 8.86. The largest absolute Gasteiger partial charge is 0.368 e. The monoisotopic (exact) mass is 420 g/mol. The first kappa shape index (κ1) is 20.4. The summed E-state index contributed by atoms with van der Waals surface area (Å²) < 4.78 is 1.90. The van der Waals surface area contributed by atoms with Gasteiger partial charge in [-0.25, -0.2) is 4.68 Å². The lowest BCUT2D eigenvalue weighted by Gasteiger charge is -2.45. The van der Waals surface area contributed by atoms with Crippen LogP contribution >= 0.6 is 11.6 Å². The zero-order valence-electron chi connectivity index (χ0n) is 17.2. The Hall–Kier alpha value is -2.88. The van der Waals surface area contributed by atoms with E-state index >= 15 is 0 Å². The number of hydrogen-bond acceptors (Lipinski definition) is 5. The molecule has 7 heteroatoms. The summed E-state index contributed by atoms with van der Waals surface area (Å²) in [7, 11) is 0. The number of nitrogens with zero attached hydrogens (tertiary/aromatic N) is 6. The SMILES string of the molecule is CC1CN(c2ccc(C#N)c(Cl)c2)CC(C)N1Cc1cn(Cc2ccccc2)nn1. The fraction of sp³-hybridized carbons (Fsp3) is 0.348. The first-order valence-corrected chi connectivity index (χ1v) is 10.5. The zero-order chi connectivity index (χ0) is 21.1. The number of aromatic nitrogens is 3. The first-order chi connectivity index (χ1) is 14.5. The molecule has 1 aromatic heterocycles. The summed E-state index contributed by atoms with van der Waals surface area (Å²) in [5.41, 5.74) is 3.77. The second-order valence-corrected chi connectivity index (χ2v) is 8.35.